The number of hydrogen-bond acceptors (Lipinski definition) is 0. The highest BCUT2D eigenvalue weighted by atomic mass is 15.2. The summed E-state index contributed by atoms with van der Waals surface area (Å²) in [6, 6.07) is 15.3. The van der Waals surface area contributed by atoms with E-state index >= 15 is 0 Å². The molecule has 0 saturated heterocycles. The van der Waals surface area contributed by atoms with Gasteiger partial charge in [-0.3, -0.25) is 0 Å². The highest BCUT2D eigenvalue weighted by Crippen LogP contribution is 2.55. The maximum absolute atomic E-state index is 3.58. The summed E-state index contributed by atoms with van der Waals surface area (Å²) >= 11 is 0. The van der Waals surface area contributed by atoms with Gasteiger partial charge >= 0.3 is 11.7 Å². The van der Waals surface area contributed by atoms with Crippen molar-refractivity contribution in [1.82, 2.24) is 4.58 Å². The van der Waals surface area contributed by atoms with E-state index in [1.54, 1.807) is 0 Å². The van der Waals surface area contributed by atoms with E-state index in [1.165, 1.54) is 52.2 Å². The Morgan fingerprint density at radius 2 is 1.41 bits per heavy atom. The molecule has 2 nitrogen and oxygen atoms in total. The minimum Gasteiger partial charge on any atom is -0.0893 e. The highest BCUT2D eigenvalue weighted by molar-refractivity contribution is 5.84. The molecule has 0 unspecified atom stereocenters. The van der Waals surface area contributed by atoms with Crippen molar-refractivity contribution in [2.45, 2.75) is 70.6 Å². The fraction of sp³-hybridized carbons (Fsp3) is 0.480. The second-order valence-electron chi connectivity index (χ2n) is 10.5. The van der Waals surface area contributed by atoms with Crippen LogP contribution in [0, 0.1) is 0 Å². The van der Waals surface area contributed by atoms with Crippen molar-refractivity contribution in [1.29, 1.82) is 0 Å². The zero-order chi connectivity index (χ0) is 19.4. The van der Waals surface area contributed by atoms with Gasteiger partial charge in [0, 0.05) is 28.7 Å². The molecule has 0 bridgehead atoms. The Bertz CT molecular complexity index is 1090. The first-order valence-electron chi connectivity index (χ1n) is 10.2. The van der Waals surface area contributed by atoms with Gasteiger partial charge in [-0.1, -0.05) is 58.3 Å². The Morgan fingerprint density at radius 1 is 0.778 bits per heavy atom. The lowest BCUT2D eigenvalue weighted by Crippen LogP contribution is -2.36. The minimum absolute atomic E-state index is 0.0171. The molecule has 2 aromatic rings. The molecule has 5 rings (SSSR count). The van der Waals surface area contributed by atoms with Crippen molar-refractivity contribution < 1.29 is 4.58 Å². The maximum atomic E-state index is 3.58. The van der Waals surface area contributed by atoms with Crippen LogP contribution in [-0.2, 0) is 16.2 Å². The van der Waals surface area contributed by atoms with Gasteiger partial charge in [-0.05, 0) is 45.4 Å². The molecular weight excluding hydrogens is 328 g/mol. The van der Waals surface area contributed by atoms with Crippen LogP contribution in [0.2, 0.25) is 0 Å². The molecule has 0 radical (unpaired) electrons. The van der Waals surface area contributed by atoms with E-state index in [1.807, 2.05) is 0 Å². The number of nitrogens with zero attached hydrogens (tertiary/aromatic N) is 2. The van der Waals surface area contributed by atoms with Gasteiger partial charge in [0.25, 0.3) is 5.69 Å². The van der Waals surface area contributed by atoms with Crippen molar-refractivity contribution in [3.05, 3.63) is 52.6 Å². The predicted octanol–water partition coefficient (Wildman–Crippen LogP) is 5.97. The molecule has 2 heterocycles. The summed E-state index contributed by atoms with van der Waals surface area (Å²) in [4.78, 5) is 0. The number of benzene rings is 2. The largest absolute Gasteiger partial charge is 0.496 e. The second-order valence-corrected chi connectivity index (χ2v) is 10.5. The highest BCUT2D eigenvalue weighted by Gasteiger charge is 2.50. The third-order valence-electron chi connectivity index (χ3n) is 7.41. The van der Waals surface area contributed by atoms with Gasteiger partial charge in [-0.2, -0.15) is 0 Å². The van der Waals surface area contributed by atoms with Crippen LogP contribution < -0.4 is 4.58 Å². The van der Waals surface area contributed by atoms with Crippen LogP contribution in [-0.4, -0.2) is 17.6 Å². The van der Waals surface area contributed by atoms with Gasteiger partial charge in [0.15, 0.2) is 7.05 Å². The SMILES string of the molecule is C[N+]1=C=[N+]2c3cc4c(cc3C(C)(C)c3cccc1c32)C(C)(C)CCC4(C)C. The topological polar surface area (TPSA) is 6.02 Å². The molecule has 27 heavy (non-hydrogen) atoms. The van der Waals surface area contributed by atoms with E-state index in [0.29, 0.717) is 0 Å². The lowest BCUT2D eigenvalue weighted by Gasteiger charge is -2.43. The van der Waals surface area contributed by atoms with E-state index in [0.717, 1.165) is 0 Å². The Hall–Kier alpha value is -2.18. The first kappa shape index (κ1) is 17.0. The Labute approximate surface area is 162 Å². The van der Waals surface area contributed by atoms with Gasteiger partial charge in [0.05, 0.1) is 0 Å². The fourth-order valence-corrected chi connectivity index (χ4v) is 5.40. The van der Waals surface area contributed by atoms with Crippen molar-refractivity contribution in [2.75, 3.05) is 7.05 Å². The molecule has 0 aromatic heterocycles. The first-order valence-corrected chi connectivity index (χ1v) is 10.2. The lowest BCUT2D eigenvalue weighted by molar-refractivity contribution is -0.394. The van der Waals surface area contributed by atoms with Crippen LogP contribution in [0.15, 0.2) is 30.3 Å². The number of hydrogen-bond donors (Lipinski definition) is 0. The van der Waals surface area contributed by atoms with Crippen LogP contribution in [0.4, 0.5) is 17.1 Å². The molecule has 2 aliphatic heterocycles. The van der Waals surface area contributed by atoms with E-state index in [-0.39, 0.29) is 16.2 Å². The molecule has 3 aliphatic rings. The zero-order valence-electron chi connectivity index (χ0n) is 17.7. The molecule has 0 atom stereocenters. The third-order valence-corrected chi connectivity index (χ3v) is 7.41. The predicted molar refractivity (Wildman–Crippen MR) is 113 cm³/mol. The van der Waals surface area contributed by atoms with Crippen molar-refractivity contribution in [3.63, 3.8) is 0 Å². The number of fused-ring (bicyclic) bond motifs is 3. The monoisotopic (exact) mass is 358 g/mol. The molecule has 0 fully saturated rings. The van der Waals surface area contributed by atoms with Gasteiger partial charge in [0.1, 0.15) is 0 Å². The Morgan fingerprint density at radius 3 is 2.07 bits per heavy atom. The van der Waals surface area contributed by atoms with Crippen LogP contribution in [0.5, 0.6) is 0 Å². The molecule has 138 valence electrons. The molecule has 1 aliphatic carbocycles. The lowest BCUT2D eigenvalue weighted by atomic mass is 9.61. The van der Waals surface area contributed by atoms with E-state index in [4.69, 9.17) is 0 Å². The van der Waals surface area contributed by atoms with Gasteiger partial charge in [-0.15, -0.1) is 0 Å². The first-order chi connectivity index (χ1) is 12.5. The summed E-state index contributed by atoms with van der Waals surface area (Å²) in [5, 5.41) is 0. The normalized spacial score (nSPS) is 22.3. The van der Waals surface area contributed by atoms with Crippen molar-refractivity contribution in [2.24, 2.45) is 0 Å². The van der Waals surface area contributed by atoms with Crippen LogP contribution in [0.25, 0.3) is 0 Å². The number of rotatable bonds is 0. The van der Waals surface area contributed by atoms with Crippen LogP contribution >= 0.6 is 0 Å². The average Bonchev–Trinajstić information content (AvgIpc) is 2.94. The fourth-order valence-electron chi connectivity index (χ4n) is 5.40. The van der Waals surface area contributed by atoms with Gasteiger partial charge in [0.2, 0.25) is 5.69 Å². The Balaban J connectivity index is 1.90. The summed E-state index contributed by atoms with van der Waals surface area (Å²) in [6.45, 7) is 14.4. The maximum Gasteiger partial charge on any atom is 0.496 e. The summed E-state index contributed by atoms with van der Waals surface area (Å²) in [5.74, 6) is 0. The van der Waals surface area contributed by atoms with Crippen LogP contribution in [0.1, 0.15) is 76.6 Å². The molecule has 0 spiro atoms. The van der Waals surface area contributed by atoms with E-state index < -0.39 is 0 Å². The third kappa shape index (κ3) is 2.03. The van der Waals surface area contributed by atoms with E-state index in [9.17, 15) is 0 Å². The summed E-state index contributed by atoms with van der Waals surface area (Å²) in [7, 11) is 2.10. The smallest absolute Gasteiger partial charge is 0.0893 e. The Kier molecular flexibility index (Phi) is 3.02. The van der Waals surface area contributed by atoms with Gasteiger partial charge < -0.3 is 0 Å². The quantitative estimate of drug-likeness (QED) is 0.512. The van der Waals surface area contributed by atoms with Gasteiger partial charge in [-0.25, -0.2) is 0 Å². The minimum atomic E-state index is -0.0171. The van der Waals surface area contributed by atoms with Crippen molar-refractivity contribution >= 4 is 23.1 Å². The van der Waals surface area contributed by atoms with E-state index in [2.05, 4.69) is 94.1 Å². The molecule has 2 aromatic carbocycles. The molecule has 2 heteroatoms. The molecule has 0 N–H and O–H groups in total. The average molecular weight is 359 g/mol. The zero-order valence-corrected chi connectivity index (χ0v) is 17.7. The van der Waals surface area contributed by atoms with Crippen LogP contribution in [0.3, 0.4) is 0 Å². The summed E-state index contributed by atoms with van der Waals surface area (Å²) in [6.07, 6.45) is 2.49. The van der Waals surface area contributed by atoms with Crippen molar-refractivity contribution in [3.8, 4) is 0 Å². The second kappa shape index (κ2) is 4.80. The summed E-state index contributed by atoms with van der Waals surface area (Å²) < 4.78 is 4.45. The molecule has 0 saturated carbocycles. The number of para-hydroxylation sites is 1. The summed E-state index contributed by atoms with van der Waals surface area (Å²) in [5.41, 5.74) is 10.2. The molecular formula is C25H30N2+2. The molecule has 0 amide bonds. The standard InChI is InChI=1S/C25H30N2/c1-23(2)11-12-24(3,4)18-14-21-19(13-17(18)23)25(5,6)16-9-8-10-20-22(16)27(21)15-26(20)7/h8-10,13-14H,11-12H2,1-7H3/q+2.